The van der Waals surface area contributed by atoms with Gasteiger partial charge in [-0.15, -0.1) is 4.48 Å². The van der Waals surface area contributed by atoms with Gasteiger partial charge >= 0.3 is 5.97 Å². The maximum atomic E-state index is 16.1. The second-order valence-electron chi connectivity index (χ2n) is 8.55. The predicted molar refractivity (Wildman–Crippen MR) is 127 cm³/mol. The summed E-state index contributed by atoms with van der Waals surface area (Å²) in [7, 11) is -4.80. The fourth-order valence-corrected chi connectivity index (χ4v) is 6.66. The Morgan fingerprint density at radius 1 is 1.18 bits per heavy atom. The highest BCUT2D eigenvalue weighted by molar-refractivity contribution is 7.89. The number of likely N-dealkylation sites (N-methyl/N-ethyl adjacent to an activating group) is 1. The van der Waals surface area contributed by atoms with Gasteiger partial charge in [0.1, 0.15) is 5.75 Å². The molecule has 0 saturated heterocycles. The second-order valence-corrected chi connectivity index (χ2v) is 10.3. The molecule has 2 aliphatic rings. The van der Waals surface area contributed by atoms with Gasteiger partial charge in [0.15, 0.2) is 5.54 Å². The number of para-hydroxylation sites is 1. The second kappa shape index (κ2) is 9.13. The Morgan fingerprint density at radius 2 is 1.82 bits per heavy atom. The molecule has 2 aromatic rings. The molecule has 0 spiro atoms. The zero-order valence-corrected chi connectivity index (χ0v) is 20.3. The molecule has 1 aliphatic heterocycles. The van der Waals surface area contributed by atoms with E-state index in [4.69, 9.17) is 4.74 Å². The van der Waals surface area contributed by atoms with Gasteiger partial charge in [-0.25, -0.2) is 8.42 Å². The lowest BCUT2D eigenvalue weighted by Gasteiger charge is -2.24. The molecular weight excluding hydrogens is 459 g/mol. The summed E-state index contributed by atoms with van der Waals surface area (Å²) < 4.78 is 48.6. The van der Waals surface area contributed by atoms with Gasteiger partial charge in [0.2, 0.25) is 0 Å². The summed E-state index contributed by atoms with van der Waals surface area (Å²) >= 11 is 0. The lowest BCUT2D eigenvalue weighted by molar-refractivity contribution is -0.149. The largest absolute Gasteiger partial charge is 0.493 e. The van der Waals surface area contributed by atoms with Crippen molar-refractivity contribution in [1.29, 1.82) is 0 Å². The van der Waals surface area contributed by atoms with E-state index in [2.05, 4.69) is 4.90 Å². The van der Waals surface area contributed by atoms with Gasteiger partial charge in [0.25, 0.3) is 10.0 Å². The molecule has 3 atom stereocenters. The van der Waals surface area contributed by atoms with Crippen molar-refractivity contribution >= 4 is 21.6 Å². The van der Waals surface area contributed by atoms with Gasteiger partial charge in [-0.2, -0.15) is 0 Å². The molecule has 0 amide bonds. The Balaban J connectivity index is 1.77. The topological polar surface area (TPSA) is 87.2 Å². The number of sulfonamides is 1. The molecule has 0 aromatic heterocycles. The first kappa shape index (κ1) is 24.4. The predicted octanol–water partition coefficient (Wildman–Crippen LogP) is 3.94. The number of ether oxygens (including phenoxy) is 1. The SMILES string of the molecule is C/C=C(\CN(CC)CC)c1ccccc1S(=O)(=O)N(F)C1(C(=O)O)C2COc3ccccc3C21. The van der Waals surface area contributed by atoms with Crippen molar-refractivity contribution in [2.24, 2.45) is 5.92 Å². The molecule has 34 heavy (non-hydrogen) atoms. The Labute approximate surface area is 199 Å². The number of rotatable bonds is 9. The molecule has 2 aromatic carbocycles. The zero-order valence-electron chi connectivity index (χ0n) is 19.4. The van der Waals surface area contributed by atoms with Crippen molar-refractivity contribution in [1.82, 2.24) is 9.43 Å². The number of carboxylic acid groups (broad SMARTS) is 1. The molecule has 1 saturated carbocycles. The summed E-state index contributed by atoms with van der Waals surface area (Å²) in [5.74, 6) is -2.74. The number of nitrogens with zero attached hydrogens (tertiary/aromatic N) is 2. The molecule has 1 heterocycles. The van der Waals surface area contributed by atoms with Crippen LogP contribution in [-0.2, 0) is 14.8 Å². The number of allylic oxidation sites excluding steroid dienone is 1. The Hall–Kier alpha value is -2.75. The third kappa shape index (κ3) is 3.62. The van der Waals surface area contributed by atoms with Crippen LogP contribution in [0.25, 0.3) is 5.57 Å². The summed E-state index contributed by atoms with van der Waals surface area (Å²) in [5.41, 5.74) is -0.668. The number of hydrogen-bond acceptors (Lipinski definition) is 5. The molecular formula is C25H29FN2O5S. The molecule has 4 rings (SSSR count). The van der Waals surface area contributed by atoms with E-state index in [1.807, 2.05) is 19.9 Å². The van der Waals surface area contributed by atoms with Crippen LogP contribution in [0.1, 0.15) is 37.8 Å². The number of halogens is 1. The normalized spacial score (nSPS) is 23.9. The number of benzene rings is 2. The van der Waals surface area contributed by atoms with Crippen LogP contribution in [0.15, 0.2) is 59.5 Å². The molecule has 1 aliphatic carbocycles. The number of carbonyl (C=O) groups is 1. The van der Waals surface area contributed by atoms with Crippen LogP contribution in [0.2, 0.25) is 0 Å². The Morgan fingerprint density at radius 3 is 2.47 bits per heavy atom. The van der Waals surface area contributed by atoms with E-state index in [0.29, 0.717) is 23.4 Å². The van der Waals surface area contributed by atoms with E-state index in [1.54, 1.807) is 43.3 Å². The first-order valence-corrected chi connectivity index (χ1v) is 12.8. The average Bonchev–Trinajstić information content (AvgIpc) is 3.55. The van der Waals surface area contributed by atoms with Gasteiger partial charge in [-0.05, 0) is 47.8 Å². The molecule has 7 nitrogen and oxygen atoms in total. The third-order valence-electron chi connectivity index (χ3n) is 7.00. The molecule has 182 valence electrons. The molecule has 1 N–H and O–H groups in total. The lowest BCUT2D eigenvalue weighted by Crippen LogP contribution is -2.45. The van der Waals surface area contributed by atoms with Crippen molar-refractivity contribution < 1.29 is 27.5 Å². The van der Waals surface area contributed by atoms with Gasteiger partial charge < -0.3 is 9.84 Å². The van der Waals surface area contributed by atoms with E-state index in [0.717, 1.165) is 18.7 Å². The van der Waals surface area contributed by atoms with Crippen LogP contribution in [0.5, 0.6) is 5.75 Å². The van der Waals surface area contributed by atoms with Crippen LogP contribution < -0.4 is 4.74 Å². The summed E-state index contributed by atoms with van der Waals surface area (Å²) in [6.45, 7) is 7.76. The van der Waals surface area contributed by atoms with E-state index < -0.39 is 37.9 Å². The van der Waals surface area contributed by atoms with Gasteiger partial charge in [0.05, 0.1) is 11.5 Å². The van der Waals surface area contributed by atoms with Crippen molar-refractivity contribution in [2.45, 2.75) is 37.1 Å². The fraction of sp³-hybridized carbons (Fsp3) is 0.400. The lowest BCUT2D eigenvalue weighted by atomic mass is 10.0. The van der Waals surface area contributed by atoms with Gasteiger partial charge in [0, 0.05) is 23.9 Å². The first-order valence-electron chi connectivity index (χ1n) is 11.4. The molecule has 0 bridgehead atoms. The molecule has 0 radical (unpaired) electrons. The van der Waals surface area contributed by atoms with Crippen LogP contribution in [0, 0.1) is 5.92 Å². The number of fused-ring (bicyclic) bond motifs is 3. The number of carboxylic acids is 1. The summed E-state index contributed by atoms with van der Waals surface area (Å²) in [6.07, 6.45) is 1.81. The van der Waals surface area contributed by atoms with E-state index in [9.17, 15) is 18.3 Å². The quantitative estimate of drug-likeness (QED) is 0.538. The van der Waals surface area contributed by atoms with E-state index >= 15 is 4.48 Å². The number of hydrogen-bond donors (Lipinski definition) is 1. The minimum atomic E-state index is -4.80. The maximum Gasteiger partial charge on any atom is 0.329 e. The fourth-order valence-electron chi connectivity index (χ4n) is 5.04. The Kier molecular flexibility index (Phi) is 6.54. The highest BCUT2D eigenvalue weighted by atomic mass is 32.2. The smallest absolute Gasteiger partial charge is 0.329 e. The van der Waals surface area contributed by atoms with Crippen molar-refractivity contribution in [3.8, 4) is 5.75 Å². The highest BCUT2D eigenvalue weighted by Crippen LogP contribution is 2.66. The standard InChI is InChI=1S/C25H29FN2O5S/c1-4-17(15-27(5-2)6-3)18-11-8-10-14-22(18)34(31,32)28(26)25(24(29)30)20-16-33-21-13-9-7-12-19(21)23(20)25/h4,7-14,20,23H,5-6,15-16H2,1-3H3,(H,29,30)/b17-4+. The summed E-state index contributed by atoms with van der Waals surface area (Å²) in [5, 5.41) is 10.1. The third-order valence-corrected chi connectivity index (χ3v) is 8.63. The molecule has 1 fully saturated rings. The van der Waals surface area contributed by atoms with Crippen LogP contribution in [0.4, 0.5) is 4.48 Å². The van der Waals surface area contributed by atoms with E-state index in [1.165, 1.54) is 12.1 Å². The molecule has 3 unspecified atom stereocenters. The van der Waals surface area contributed by atoms with Crippen LogP contribution >= 0.6 is 0 Å². The van der Waals surface area contributed by atoms with Crippen LogP contribution in [-0.4, -0.2) is 60.7 Å². The summed E-state index contributed by atoms with van der Waals surface area (Å²) in [6, 6.07) is 12.9. The van der Waals surface area contributed by atoms with E-state index in [-0.39, 0.29) is 11.5 Å². The highest BCUT2D eigenvalue weighted by Gasteiger charge is 2.79. The minimum Gasteiger partial charge on any atom is -0.493 e. The first-order chi connectivity index (χ1) is 16.2. The van der Waals surface area contributed by atoms with Gasteiger partial charge in [-0.3, -0.25) is 9.69 Å². The van der Waals surface area contributed by atoms with Gasteiger partial charge in [-0.1, -0.05) is 56.3 Å². The minimum absolute atomic E-state index is 0.0758. The van der Waals surface area contributed by atoms with Crippen molar-refractivity contribution in [3.05, 3.63) is 65.7 Å². The Bertz CT molecular complexity index is 1230. The summed E-state index contributed by atoms with van der Waals surface area (Å²) in [4.78, 5) is 14.3. The average molecular weight is 489 g/mol. The van der Waals surface area contributed by atoms with Crippen molar-refractivity contribution in [3.63, 3.8) is 0 Å². The van der Waals surface area contributed by atoms with Crippen molar-refractivity contribution in [2.75, 3.05) is 26.2 Å². The monoisotopic (exact) mass is 488 g/mol. The number of aliphatic carboxylic acids is 1. The molecule has 9 heteroatoms. The maximum absolute atomic E-state index is 16.1. The zero-order chi connectivity index (χ0) is 24.7. The van der Waals surface area contributed by atoms with Crippen LogP contribution in [0.3, 0.4) is 0 Å².